The van der Waals surface area contributed by atoms with Crippen LogP contribution in [0.3, 0.4) is 0 Å². The predicted octanol–water partition coefficient (Wildman–Crippen LogP) is 10.7. The van der Waals surface area contributed by atoms with Crippen molar-refractivity contribution in [3.05, 3.63) is 158 Å². The lowest BCUT2D eigenvalue weighted by Crippen LogP contribution is -1.95. The van der Waals surface area contributed by atoms with E-state index in [1.807, 2.05) is 30.9 Å². The fourth-order valence-corrected chi connectivity index (χ4v) is 7.17. The molecule has 0 saturated heterocycles. The van der Waals surface area contributed by atoms with E-state index in [2.05, 4.69) is 136 Å². The normalized spacial score (nSPS) is 11.8. The van der Waals surface area contributed by atoms with Crippen LogP contribution in [0, 0.1) is 0 Å². The van der Waals surface area contributed by atoms with E-state index in [4.69, 9.17) is 14.7 Å². The highest BCUT2D eigenvalue weighted by molar-refractivity contribution is 6.15. The van der Waals surface area contributed by atoms with Crippen LogP contribution >= 0.6 is 0 Å². The second-order valence-electron chi connectivity index (χ2n) is 11.9. The van der Waals surface area contributed by atoms with E-state index in [0.717, 1.165) is 60.8 Å². The number of hydrogen-bond acceptors (Lipinski definition) is 3. The van der Waals surface area contributed by atoms with Gasteiger partial charge in [-0.15, -0.1) is 0 Å². The molecule has 6 aromatic carbocycles. The smallest absolute Gasteiger partial charge is 0.145 e. The van der Waals surface area contributed by atoms with Crippen molar-refractivity contribution in [3.63, 3.8) is 0 Å². The first-order valence-electron chi connectivity index (χ1n) is 15.7. The monoisotopic (exact) mass is 602 g/mol. The lowest BCUT2D eigenvalue weighted by molar-refractivity contribution is 0.484. The molecule has 0 saturated carbocycles. The summed E-state index contributed by atoms with van der Waals surface area (Å²) in [5.74, 6) is 1.52. The molecule has 4 aromatic heterocycles. The molecule has 220 valence electrons. The van der Waals surface area contributed by atoms with E-state index in [9.17, 15) is 0 Å². The highest BCUT2D eigenvalue weighted by atomic mass is 16.5. The van der Waals surface area contributed by atoms with Crippen molar-refractivity contribution in [2.45, 2.75) is 0 Å². The van der Waals surface area contributed by atoms with Gasteiger partial charge in [0, 0.05) is 46.3 Å². The lowest BCUT2D eigenvalue weighted by Gasteiger charge is -2.16. The summed E-state index contributed by atoms with van der Waals surface area (Å²) in [7, 11) is 0. The summed E-state index contributed by atoms with van der Waals surface area (Å²) in [6, 6.07) is 46.9. The molecule has 0 amide bonds. The first kappa shape index (κ1) is 25.8. The van der Waals surface area contributed by atoms with E-state index in [1.165, 1.54) is 27.6 Å². The summed E-state index contributed by atoms with van der Waals surface area (Å²) in [5, 5.41) is 6.72. The molecule has 0 bridgehead atoms. The van der Waals surface area contributed by atoms with Crippen LogP contribution in [0.5, 0.6) is 11.5 Å². The van der Waals surface area contributed by atoms with Crippen LogP contribution in [0.25, 0.3) is 76.9 Å². The Bertz CT molecular complexity index is 2820. The maximum absolute atomic E-state index is 6.57. The largest absolute Gasteiger partial charge is 0.457 e. The maximum atomic E-state index is 6.57. The molecule has 0 unspecified atom stereocenters. The van der Waals surface area contributed by atoms with Gasteiger partial charge < -0.3 is 4.74 Å². The van der Waals surface area contributed by atoms with Crippen molar-refractivity contribution in [2.75, 3.05) is 0 Å². The third-order valence-electron chi connectivity index (χ3n) is 9.29. The third-order valence-corrected chi connectivity index (χ3v) is 9.29. The van der Waals surface area contributed by atoms with Crippen molar-refractivity contribution >= 4 is 54.6 Å². The number of para-hydroxylation sites is 1. The lowest BCUT2D eigenvalue weighted by atomic mass is 9.91. The van der Waals surface area contributed by atoms with E-state index < -0.39 is 0 Å². The summed E-state index contributed by atoms with van der Waals surface area (Å²) in [4.78, 5) is 9.52. The highest BCUT2D eigenvalue weighted by Gasteiger charge is 2.17. The van der Waals surface area contributed by atoms with Crippen molar-refractivity contribution < 1.29 is 4.74 Å². The SMILES string of the molecule is c1ccc(-c2cc3c4ccc(Oc5ccc6c7ccccc7n7ccnc7c6c5)cc4c4nccn4c3cc2-c2ccccc2)cc1. The Morgan fingerprint density at radius 3 is 1.57 bits per heavy atom. The predicted molar refractivity (Wildman–Crippen MR) is 191 cm³/mol. The van der Waals surface area contributed by atoms with E-state index >= 15 is 0 Å². The first-order chi connectivity index (χ1) is 23.3. The molecule has 0 N–H and O–H groups in total. The van der Waals surface area contributed by atoms with Crippen LogP contribution < -0.4 is 4.74 Å². The molecule has 0 atom stereocenters. The number of pyridine rings is 2. The molecule has 0 fully saturated rings. The number of rotatable bonds is 4. The van der Waals surface area contributed by atoms with Crippen LogP contribution in [-0.2, 0) is 0 Å². The highest BCUT2D eigenvalue weighted by Crippen LogP contribution is 2.40. The van der Waals surface area contributed by atoms with Crippen molar-refractivity contribution in [2.24, 2.45) is 0 Å². The van der Waals surface area contributed by atoms with Gasteiger partial charge in [0.15, 0.2) is 0 Å². The van der Waals surface area contributed by atoms with E-state index in [1.54, 1.807) is 0 Å². The van der Waals surface area contributed by atoms with Crippen LogP contribution in [0.15, 0.2) is 158 Å². The Morgan fingerprint density at radius 2 is 0.936 bits per heavy atom. The Morgan fingerprint density at radius 1 is 0.404 bits per heavy atom. The topological polar surface area (TPSA) is 43.8 Å². The van der Waals surface area contributed by atoms with Gasteiger partial charge in [0.05, 0.1) is 11.0 Å². The van der Waals surface area contributed by atoms with Gasteiger partial charge >= 0.3 is 0 Å². The van der Waals surface area contributed by atoms with E-state index in [-0.39, 0.29) is 0 Å². The minimum absolute atomic E-state index is 0.755. The summed E-state index contributed by atoms with van der Waals surface area (Å²) in [5.41, 5.74) is 8.81. The van der Waals surface area contributed by atoms with Gasteiger partial charge in [-0.05, 0) is 87.6 Å². The first-order valence-corrected chi connectivity index (χ1v) is 15.7. The molecular weight excluding hydrogens is 576 g/mol. The van der Waals surface area contributed by atoms with Gasteiger partial charge in [-0.1, -0.05) is 78.9 Å². The second-order valence-corrected chi connectivity index (χ2v) is 11.9. The van der Waals surface area contributed by atoms with Crippen LogP contribution in [0.2, 0.25) is 0 Å². The standard InChI is InChI=1S/C42H26N4O/c1-3-9-27(10-4-1)34-25-36-32-18-16-30(24-38(32)42-44-20-22-46(42)40(36)26-35(34)28-11-5-2-6-12-28)47-29-15-17-31-33-13-7-8-14-39(33)45-21-19-43-41(45)37(31)23-29/h1-26H. The van der Waals surface area contributed by atoms with Crippen LogP contribution in [0.4, 0.5) is 0 Å². The zero-order valence-electron chi connectivity index (χ0n) is 25.2. The molecule has 4 heterocycles. The quantitative estimate of drug-likeness (QED) is 0.188. The molecule has 0 aliphatic rings. The summed E-state index contributed by atoms with van der Waals surface area (Å²) in [6.45, 7) is 0. The number of ether oxygens (including phenoxy) is 1. The molecule has 47 heavy (non-hydrogen) atoms. The molecule has 10 rings (SSSR count). The molecule has 0 aliphatic carbocycles. The maximum Gasteiger partial charge on any atom is 0.145 e. The fourth-order valence-electron chi connectivity index (χ4n) is 7.17. The number of hydrogen-bond donors (Lipinski definition) is 0. The average molecular weight is 603 g/mol. The number of fused-ring (bicyclic) bond motifs is 12. The Kier molecular flexibility index (Phi) is 5.51. The molecule has 0 radical (unpaired) electrons. The second kappa shape index (κ2) is 10.0. The van der Waals surface area contributed by atoms with Crippen LogP contribution in [-0.4, -0.2) is 18.8 Å². The Balaban J connectivity index is 1.15. The van der Waals surface area contributed by atoms with Gasteiger partial charge in [0.1, 0.15) is 22.8 Å². The Hall–Kier alpha value is -6.46. The molecule has 0 spiro atoms. The molecule has 10 aromatic rings. The van der Waals surface area contributed by atoms with Crippen molar-refractivity contribution in [3.8, 4) is 33.8 Å². The van der Waals surface area contributed by atoms with Crippen molar-refractivity contribution in [1.29, 1.82) is 0 Å². The van der Waals surface area contributed by atoms with Gasteiger partial charge in [0.25, 0.3) is 0 Å². The van der Waals surface area contributed by atoms with Crippen LogP contribution in [0.1, 0.15) is 0 Å². The molecule has 0 aliphatic heterocycles. The molecule has 5 heteroatoms. The zero-order chi connectivity index (χ0) is 30.9. The molecular formula is C42H26N4O. The third kappa shape index (κ3) is 3.97. The number of aromatic nitrogens is 4. The van der Waals surface area contributed by atoms with Gasteiger partial charge in [-0.3, -0.25) is 8.80 Å². The van der Waals surface area contributed by atoms with E-state index in [0.29, 0.717) is 0 Å². The zero-order valence-corrected chi connectivity index (χ0v) is 25.2. The van der Waals surface area contributed by atoms with Gasteiger partial charge in [-0.25, -0.2) is 9.97 Å². The minimum Gasteiger partial charge on any atom is -0.457 e. The fraction of sp³-hybridized carbons (Fsp3) is 0. The minimum atomic E-state index is 0.755. The number of nitrogens with zero attached hydrogens (tertiary/aromatic N) is 4. The average Bonchev–Trinajstić information content (AvgIpc) is 3.84. The Labute approximate surface area is 269 Å². The summed E-state index contributed by atoms with van der Waals surface area (Å²) >= 11 is 0. The number of benzene rings is 6. The van der Waals surface area contributed by atoms with Gasteiger partial charge in [0.2, 0.25) is 0 Å². The van der Waals surface area contributed by atoms with Crippen molar-refractivity contribution in [1.82, 2.24) is 18.8 Å². The summed E-state index contributed by atoms with van der Waals surface area (Å²) < 4.78 is 10.9. The van der Waals surface area contributed by atoms with Gasteiger partial charge in [-0.2, -0.15) is 0 Å². The summed E-state index contributed by atoms with van der Waals surface area (Å²) in [6.07, 6.45) is 7.79. The molecule has 5 nitrogen and oxygen atoms in total. The number of imidazole rings is 2.